The number of Topliss-reactive ketones (excluding diaryl/α,β-unsaturated/α-hetero) is 2. The van der Waals surface area contributed by atoms with E-state index in [0.29, 0.717) is 28.1 Å². The van der Waals surface area contributed by atoms with Gasteiger partial charge in [0.1, 0.15) is 4.90 Å². The Hall–Kier alpha value is -3.85. The first-order valence-corrected chi connectivity index (χ1v) is 23.1. The summed E-state index contributed by atoms with van der Waals surface area (Å²) in [4.78, 5) is 37.0. The Kier molecular flexibility index (Phi) is 53.5. The summed E-state index contributed by atoms with van der Waals surface area (Å²) >= 11 is 0. The maximum absolute atomic E-state index is 11.9. The standard InChI is InChI=1S/C14H14N2O3S.C7H7ClO2S.2C7H8N2O.C7H7NO.C4H9.4ClH.K.H3NO.H2O/c1-11-5-7-14(8-6-11)20(17,18)19-16-12(2)13-4-3-9-15-10-13;1-6-2-4-7(5-3-6)11(8,9)10;1-6(9-10)7-3-2-4-8-5-7;8-4-7(10)6-2-1-3-9-5-6;1-6(9)7-3-2-4-8-5-7;1-4(2)3;;;;;;1-2;/h3-10H,1-2H3;2-5H,1H3;2-5,10H,1H3;1-3,5H,4,8H2;2-5H,1H3;1-3H3;4*1H;;2H,1H2;1H2/q;;;;;-1;;;;;+1;;/b16-12+;;9-6+;;;;;;;;;;. The maximum Gasteiger partial charge on any atom is 1.00 e. The zero-order valence-electron chi connectivity index (χ0n) is 41.0. The number of halogens is 5. The summed E-state index contributed by atoms with van der Waals surface area (Å²) in [7, 11) is -2.35. The fourth-order valence-corrected chi connectivity index (χ4v) is 5.57. The molecule has 26 heteroatoms. The molecule has 394 valence electrons. The first-order chi connectivity index (χ1) is 31.2. The van der Waals surface area contributed by atoms with Crippen molar-refractivity contribution in [2.75, 3.05) is 6.54 Å². The van der Waals surface area contributed by atoms with Crippen molar-refractivity contribution in [3.63, 3.8) is 0 Å². The number of ketones is 2. The number of carbonyl (C=O) groups excluding carboxylic acids is 2. The molecule has 0 spiro atoms. The van der Waals surface area contributed by atoms with Crippen molar-refractivity contribution in [3.8, 4) is 0 Å². The molecule has 0 bridgehead atoms. The van der Waals surface area contributed by atoms with Gasteiger partial charge in [-0.05, 0) is 107 Å². The zero-order chi connectivity index (χ0) is 50.1. The maximum atomic E-state index is 11.9. The number of pyridine rings is 4. The van der Waals surface area contributed by atoms with E-state index in [1.54, 1.807) is 124 Å². The summed E-state index contributed by atoms with van der Waals surface area (Å²) in [6.45, 7) is 15.0. The van der Waals surface area contributed by atoms with Gasteiger partial charge in [-0.1, -0.05) is 45.7 Å². The van der Waals surface area contributed by atoms with Crippen LogP contribution < -0.4 is 63.0 Å². The molecule has 0 saturated heterocycles. The molecular weight excluding hydrogens is 1110 g/mol. The van der Waals surface area contributed by atoms with Crippen LogP contribution in [-0.2, 0) is 23.5 Å². The summed E-state index contributed by atoms with van der Waals surface area (Å²) in [5.41, 5.74) is 10.9. The minimum Gasteiger partial charge on any atom is -0.412 e. The van der Waals surface area contributed by atoms with E-state index < -0.39 is 19.2 Å². The van der Waals surface area contributed by atoms with Crippen molar-refractivity contribution in [2.24, 2.45) is 21.9 Å². The molecule has 0 amide bonds. The van der Waals surface area contributed by atoms with Gasteiger partial charge in [-0.3, -0.25) is 33.8 Å². The van der Waals surface area contributed by atoms with E-state index in [1.165, 1.54) is 43.3 Å². The van der Waals surface area contributed by atoms with Crippen molar-refractivity contribution in [3.05, 3.63) is 186 Å². The molecule has 72 heavy (non-hydrogen) atoms. The molecule has 0 aliphatic rings. The van der Waals surface area contributed by atoms with Gasteiger partial charge in [0.05, 0.1) is 22.9 Å². The fraction of sp³-hybridized carbons (Fsp3) is 0.196. The van der Waals surface area contributed by atoms with Gasteiger partial charge in [-0.15, -0.1) is 49.6 Å². The van der Waals surface area contributed by atoms with E-state index in [9.17, 15) is 26.4 Å². The summed E-state index contributed by atoms with van der Waals surface area (Å²) in [5.74, 6) is 4.90. The number of hydrogen-bond donors (Lipinski definition) is 4. The van der Waals surface area contributed by atoms with Gasteiger partial charge >= 0.3 is 61.5 Å². The third kappa shape index (κ3) is 37.8. The van der Waals surface area contributed by atoms with Crippen LogP contribution in [0.25, 0.3) is 0 Å². The quantitative estimate of drug-likeness (QED) is 0.0244. The van der Waals surface area contributed by atoms with Crippen LogP contribution in [0.5, 0.6) is 0 Å². The van der Waals surface area contributed by atoms with Gasteiger partial charge < -0.3 is 27.5 Å². The molecule has 4 heterocycles. The summed E-state index contributed by atoms with van der Waals surface area (Å²) in [6, 6.07) is 26.8. The Morgan fingerprint density at radius 3 is 1.21 bits per heavy atom. The molecule has 6 aromatic rings. The number of rotatable bonds is 9. The Balaban J connectivity index is -0.000000144. The number of aromatic nitrogens is 4. The minimum absolute atomic E-state index is 0. The second-order valence-corrected chi connectivity index (χ2v) is 17.7. The zero-order valence-corrected chi connectivity index (χ0v) is 49.8. The molecule has 2 aromatic carbocycles. The van der Waals surface area contributed by atoms with E-state index in [-0.39, 0.29) is 134 Å². The minimum atomic E-state index is -3.89. The Bertz CT molecular complexity index is 2590. The number of aryl methyl sites for hydroxylation is 2. The molecule has 0 atom stereocenters. The van der Waals surface area contributed by atoms with Crippen LogP contribution in [0.1, 0.15) is 84.5 Å². The SMILES string of the molecule is C/C(=N\O)c1cccnc1.C/C(=N\OS(=O)(=O)c1ccc(C)cc1)c1cccnc1.CC(=O)c1cccnc1.C[C-](C)C.Cc1ccc(S(=O)(=O)Cl)cc1.Cl.Cl.Cl.Cl.NCC(=O)c1cccnc1.NO.O.[K+]. The molecule has 0 fully saturated rings. The Morgan fingerprint density at radius 1 is 0.611 bits per heavy atom. The van der Waals surface area contributed by atoms with Gasteiger partial charge in [0, 0.05) is 82.5 Å². The van der Waals surface area contributed by atoms with Crippen LogP contribution in [0.4, 0.5) is 0 Å². The first-order valence-electron chi connectivity index (χ1n) is 19.3. The van der Waals surface area contributed by atoms with Gasteiger partial charge in [-0.25, -0.2) is 14.3 Å². The van der Waals surface area contributed by atoms with Gasteiger partial charge in [-0.2, -0.15) is 29.2 Å². The number of nitrogens with zero attached hydrogens (tertiary/aromatic N) is 6. The van der Waals surface area contributed by atoms with E-state index in [1.807, 2.05) is 19.9 Å². The molecule has 0 aliphatic heterocycles. The molecule has 0 aliphatic carbocycles. The van der Waals surface area contributed by atoms with Crippen molar-refractivity contribution < 1.29 is 98.0 Å². The summed E-state index contributed by atoms with van der Waals surface area (Å²) in [6.07, 6.45) is 12.9. The first kappa shape index (κ1) is 82.2. The number of oxime groups is 2. The van der Waals surface area contributed by atoms with Crippen molar-refractivity contribution >= 4 is 102 Å². The topological polar surface area (TPSA) is 312 Å². The van der Waals surface area contributed by atoms with Crippen LogP contribution in [0, 0.1) is 19.8 Å². The molecule has 0 unspecified atom stereocenters. The van der Waals surface area contributed by atoms with E-state index in [4.69, 9.17) is 31.1 Å². The van der Waals surface area contributed by atoms with Crippen LogP contribution in [0.15, 0.2) is 167 Å². The van der Waals surface area contributed by atoms with Crippen molar-refractivity contribution in [1.29, 1.82) is 0 Å². The van der Waals surface area contributed by atoms with Crippen LogP contribution in [-0.4, -0.2) is 82.2 Å². The second kappa shape index (κ2) is 46.9. The van der Waals surface area contributed by atoms with Crippen LogP contribution in [0.2, 0.25) is 0 Å². The largest absolute Gasteiger partial charge is 1.00 e. The van der Waals surface area contributed by atoms with E-state index in [0.717, 1.165) is 16.7 Å². The summed E-state index contributed by atoms with van der Waals surface area (Å²) in [5, 5.41) is 21.5. The Morgan fingerprint density at radius 2 is 0.931 bits per heavy atom. The molecular formula is C46H62Cl5KN8O10S2. The number of hydrogen-bond acceptors (Lipinski definition) is 17. The molecule has 4 aromatic heterocycles. The van der Waals surface area contributed by atoms with Crippen LogP contribution >= 0.6 is 60.3 Å². The predicted molar refractivity (Wildman–Crippen MR) is 289 cm³/mol. The average molecular weight is 1170 g/mol. The molecule has 18 nitrogen and oxygen atoms in total. The fourth-order valence-electron chi connectivity index (χ4n) is 4.03. The number of carbonyl (C=O) groups is 2. The molecule has 6 rings (SSSR count). The molecule has 8 N–H and O–H groups in total. The van der Waals surface area contributed by atoms with E-state index >= 15 is 0 Å². The second-order valence-electron chi connectivity index (χ2n) is 13.6. The Labute approximate surface area is 494 Å². The van der Waals surface area contributed by atoms with Crippen LogP contribution in [0.3, 0.4) is 0 Å². The molecule has 0 saturated carbocycles. The summed E-state index contributed by atoms with van der Waals surface area (Å²) < 4.78 is 50.0. The number of benzene rings is 2. The average Bonchev–Trinajstić information content (AvgIpc) is 3.32. The van der Waals surface area contributed by atoms with Crippen molar-refractivity contribution in [1.82, 2.24) is 19.9 Å². The third-order valence-electron chi connectivity index (χ3n) is 7.43. The predicted octanol–water partition coefficient (Wildman–Crippen LogP) is 6.05. The monoisotopic (exact) mass is 1160 g/mol. The van der Waals surface area contributed by atoms with Gasteiger partial charge in [0.15, 0.2) is 11.6 Å². The molecule has 0 radical (unpaired) electrons. The third-order valence-corrected chi connectivity index (χ3v) is 9.92. The van der Waals surface area contributed by atoms with E-state index in [2.05, 4.69) is 56.9 Å². The van der Waals surface area contributed by atoms with Gasteiger partial charge in [0.25, 0.3) is 9.05 Å². The van der Waals surface area contributed by atoms with Crippen molar-refractivity contribution in [2.45, 2.75) is 65.2 Å². The van der Waals surface area contributed by atoms with Gasteiger partial charge in [0.2, 0.25) is 0 Å². The number of nitrogens with two attached hydrogens (primary N) is 2. The smallest absolute Gasteiger partial charge is 0.412 e. The normalized spacial score (nSPS) is 9.74.